The van der Waals surface area contributed by atoms with E-state index in [4.69, 9.17) is 9.47 Å². The van der Waals surface area contributed by atoms with Gasteiger partial charge in [-0.1, -0.05) is 6.07 Å². The normalized spacial score (nSPS) is 10.5. The van der Waals surface area contributed by atoms with E-state index in [1.165, 1.54) is 30.6 Å². The summed E-state index contributed by atoms with van der Waals surface area (Å²) in [6, 6.07) is 24.9. The quantitative estimate of drug-likeness (QED) is 0.307. The van der Waals surface area contributed by atoms with E-state index in [1.807, 2.05) is 29.1 Å². The summed E-state index contributed by atoms with van der Waals surface area (Å²) < 4.78 is 26.5. The number of rotatable bonds is 7. The summed E-state index contributed by atoms with van der Waals surface area (Å²) >= 11 is 0. The number of nitrogens with zero attached hydrogens (tertiary/aromatic N) is 3. The number of hydrogen-bond acceptors (Lipinski definition) is 5. The van der Waals surface area contributed by atoms with E-state index >= 15 is 0 Å². The van der Waals surface area contributed by atoms with Crippen LogP contribution >= 0.6 is 0 Å². The second kappa shape index (κ2) is 9.88. The number of ether oxygens (including phenoxy) is 2. The van der Waals surface area contributed by atoms with Crippen LogP contribution < -0.4 is 14.8 Å². The lowest BCUT2D eigenvalue weighted by atomic mass is 10.2. The van der Waals surface area contributed by atoms with Crippen LogP contribution in [0.1, 0.15) is 10.4 Å². The van der Waals surface area contributed by atoms with Crippen molar-refractivity contribution in [1.82, 2.24) is 14.5 Å². The number of carbonyl (C=O) groups excluding carboxylic acids is 1. The zero-order valence-corrected chi connectivity index (χ0v) is 18.3. The minimum Gasteiger partial charge on any atom is -0.457 e. The maximum absolute atomic E-state index is 13.1. The molecule has 0 spiro atoms. The van der Waals surface area contributed by atoms with Gasteiger partial charge in [-0.25, -0.2) is 14.4 Å². The molecule has 172 valence electrons. The van der Waals surface area contributed by atoms with Crippen molar-refractivity contribution in [2.75, 3.05) is 5.32 Å². The fourth-order valence-corrected chi connectivity index (χ4v) is 3.28. The smallest absolute Gasteiger partial charge is 0.255 e. The van der Waals surface area contributed by atoms with Crippen LogP contribution in [0.2, 0.25) is 0 Å². The fourth-order valence-electron chi connectivity index (χ4n) is 3.28. The van der Waals surface area contributed by atoms with E-state index in [-0.39, 0.29) is 11.7 Å². The molecular formula is C27H19FN4O3. The number of amides is 1. The molecule has 0 aliphatic carbocycles. The first-order valence-corrected chi connectivity index (χ1v) is 10.7. The van der Waals surface area contributed by atoms with Crippen LogP contribution in [0, 0.1) is 5.82 Å². The van der Waals surface area contributed by atoms with Gasteiger partial charge in [0, 0.05) is 29.7 Å². The third-order valence-corrected chi connectivity index (χ3v) is 4.98. The van der Waals surface area contributed by atoms with Gasteiger partial charge in [0.15, 0.2) is 0 Å². The second-order valence-corrected chi connectivity index (χ2v) is 7.47. The molecule has 0 bridgehead atoms. The van der Waals surface area contributed by atoms with Crippen LogP contribution in [0.4, 0.5) is 10.1 Å². The van der Waals surface area contributed by atoms with Gasteiger partial charge in [0.1, 0.15) is 35.2 Å². The maximum atomic E-state index is 13.1. The van der Waals surface area contributed by atoms with Gasteiger partial charge in [0.05, 0.1) is 0 Å². The number of nitrogens with one attached hydrogen (secondary N) is 1. The van der Waals surface area contributed by atoms with Gasteiger partial charge >= 0.3 is 0 Å². The average molecular weight is 466 g/mol. The standard InChI is InChI=1S/C27H19FN4O3/c28-20-6-10-22(11-7-20)34-24-5-3-4-19(16-24)27(33)31-21-8-12-23(13-9-21)35-26-17-25(29-18-30-26)32-14-1-2-15-32/h1-18H,(H,31,33). The molecule has 0 saturated carbocycles. The molecule has 0 atom stereocenters. The summed E-state index contributed by atoms with van der Waals surface area (Å²) in [7, 11) is 0. The Labute approximate surface area is 200 Å². The Morgan fingerprint density at radius 2 is 1.49 bits per heavy atom. The van der Waals surface area contributed by atoms with Crippen molar-refractivity contribution in [3.63, 3.8) is 0 Å². The topological polar surface area (TPSA) is 78.3 Å². The highest BCUT2D eigenvalue weighted by Crippen LogP contribution is 2.25. The van der Waals surface area contributed by atoms with Crippen molar-refractivity contribution in [3.05, 3.63) is 121 Å². The lowest BCUT2D eigenvalue weighted by Gasteiger charge is -2.10. The molecule has 2 aromatic heterocycles. The number of carbonyl (C=O) groups is 1. The van der Waals surface area contributed by atoms with Crippen molar-refractivity contribution in [2.45, 2.75) is 0 Å². The first kappa shape index (κ1) is 21.8. The van der Waals surface area contributed by atoms with Crippen molar-refractivity contribution < 1.29 is 18.7 Å². The van der Waals surface area contributed by atoms with E-state index < -0.39 is 0 Å². The zero-order valence-electron chi connectivity index (χ0n) is 18.3. The zero-order chi connectivity index (χ0) is 24.0. The number of hydrogen-bond donors (Lipinski definition) is 1. The molecule has 0 aliphatic rings. The monoisotopic (exact) mass is 466 g/mol. The Morgan fingerprint density at radius 1 is 0.771 bits per heavy atom. The molecule has 5 rings (SSSR count). The highest BCUT2D eigenvalue weighted by Gasteiger charge is 2.09. The van der Waals surface area contributed by atoms with Crippen LogP contribution in [0.15, 0.2) is 110 Å². The summed E-state index contributed by atoms with van der Waals surface area (Å²) in [5, 5.41) is 2.85. The molecule has 3 aromatic carbocycles. The number of aromatic nitrogens is 3. The lowest BCUT2D eigenvalue weighted by Crippen LogP contribution is -2.11. The Bertz CT molecular complexity index is 1440. The Balaban J connectivity index is 1.22. The van der Waals surface area contributed by atoms with Crippen LogP contribution in [0.5, 0.6) is 23.1 Å². The van der Waals surface area contributed by atoms with Crippen LogP contribution in [0.3, 0.4) is 0 Å². The van der Waals surface area contributed by atoms with Gasteiger partial charge in [-0.2, -0.15) is 0 Å². The van der Waals surface area contributed by atoms with E-state index in [0.29, 0.717) is 40.2 Å². The molecular weight excluding hydrogens is 447 g/mol. The first-order chi connectivity index (χ1) is 17.1. The number of halogens is 1. The summed E-state index contributed by atoms with van der Waals surface area (Å²) in [4.78, 5) is 21.1. The van der Waals surface area contributed by atoms with Crippen molar-refractivity contribution >= 4 is 11.6 Å². The van der Waals surface area contributed by atoms with Crippen LogP contribution in [-0.2, 0) is 0 Å². The van der Waals surface area contributed by atoms with Crippen LogP contribution in [-0.4, -0.2) is 20.4 Å². The molecule has 2 heterocycles. The van der Waals surface area contributed by atoms with Crippen LogP contribution in [0.25, 0.3) is 5.82 Å². The average Bonchev–Trinajstić information content (AvgIpc) is 3.42. The largest absolute Gasteiger partial charge is 0.457 e. The highest BCUT2D eigenvalue weighted by molar-refractivity contribution is 6.04. The van der Waals surface area contributed by atoms with Gasteiger partial charge in [0.2, 0.25) is 5.88 Å². The summed E-state index contributed by atoms with van der Waals surface area (Å²) in [5.74, 6) is 1.96. The molecule has 0 saturated heterocycles. The van der Waals surface area contributed by atoms with Crippen molar-refractivity contribution in [1.29, 1.82) is 0 Å². The minimum atomic E-state index is -0.347. The van der Waals surface area contributed by atoms with E-state index in [0.717, 1.165) is 0 Å². The first-order valence-electron chi connectivity index (χ1n) is 10.7. The molecule has 0 unspecified atom stereocenters. The molecule has 5 aromatic rings. The van der Waals surface area contributed by atoms with E-state index in [2.05, 4.69) is 15.3 Å². The third kappa shape index (κ3) is 5.51. The molecule has 0 fully saturated rings. The number of benzene rings is 3. The second-order valence-electron chi connectivity index (χ2n) is 7.47. The molecule has 0 radical (unpaired) electrons. The molecule has 1 N–H and O–H groups in total. The Morgan fingerprint density at radius 3 is 2.26 bits per heavy atom. The van der Waals surface area contributed by atoms with Gasteiger partial charge in [-0.15, -0.1) is 0 Å². The predicted octanol–water partition coefficient (Wildman–Crippen LogP) is 6.24. The van der Waals surface area contributed by atoms with Crippen molar-refractivity contribution in [3.8, 4) is 28.9 Å². The SMILES string of the molecule is O=C(Nc1ccc(Oc2cc(-n3cccc3)ncn2)cc1)c1cccc(Oc2ccc(F)cc2)c1. The molecule has 35 heavy (non-hydrogen) atoms. The predicted molar refractivity (Wildman–Crippen MR) is 129 cm³/mol. The van der Waals surface area contributed by atoms with Crippen molar-refractivity contribution in [2.24, 2.45) is 0 Å². The highest BCUT2D eigenvalue weighted by atomic mass is 19.1. The fraction of sp³-hybridized carbons (Fsp3) is 0. The van der Waals surface area contributed by atoms with E-state index in [1.54, 1.807) is 54.6 Å². The molecule has 8 heteroatoms. The minimum absolute atomic E-state index is 0.296. The van der Waals surface area contributed by atoms with Gasteiger partial charge in [0.25, 0.3) is 5.91 Å². The summed E-state index contributed by atoms with van der Waals surface area (Å²) in [5.41, 5.74) is 1.02. The van der Waals surface area contributed by atoms with E-state index in [9.17, 15) is 9.18 Å². The molecule has 0 aliphatic heterocycles. The molecule has 1 amide bonds. The third-order valence-electron chi connectivity index (χ3n) is 4.98. The van der Waals surface area contributed by atoms with Gasteiger partial charge < -0.3 is 19.4 Å². The molecule has 7 nitrogen and oxygen atoms in total. The maximum Gasteiger partial charge on any atom is 0.255 e. The number of anilines is 1. The Hall–Kier alpha value is -4.98. The lowest BCUT2D eigenvalue weighted by molar-refractivity contribution is 0.102. The summed E-state index contributed by atoms with van der Waals surface area (Å²) in [6.07, 6.45) is 5.20. The van der Waals surface area contributed by atoms with Gasteiger partial charge in [-0.05, 0) is 78.9 Å². The summed E-state index contributed by atoms with van der Waals surface area (Å²) in [6.45, 7) is 0. The van der Waals surface area contributed by atoms with Gasteiger partial charge in [-0.3, -0.25) is 4.79 Å². The Kier molecular flexibility index (Phi) is 6.17.